The molecule has 0 bridgehead atoms. The molecule has 0 spiro atoms. The average Bonchev–Trinajstić information content (AvgIpc) is 3.32. The Labute approximate surface area is 151 Å². The van der Waals surface area contributed by atoms with Crippen molar-refractivity contribution in [2.45, 2.75) is 51.1 Å². The summed E-state index contributed by atoms with van der Waals surface area (Å²) in [6.45, 7) is 1.78. The summed E-state index contributed by atoms with van der Waals surface area (Å²) in [5.74, 6) is 1.97. The number of amides is 3. The van der Waals surface area contributed by atoms with Crippen molar-refractivity contribution in [1.82, 2.24) is 0 Å². The molecule has 1 saturated heterocycles. The molecule has 1 aromatic rings. The first kappa shape index (κ1) is 17.8. The van der Waals surface area contributed by atoms with E-state index in [0.29, 0.717) is 36.2 Å². The van der Waals surface area contributed by atoms with Gasteiger partial charge in [-0.15, -0.1) is 12.3 Å². The van der Waals surface area contributed by atoms with Gasteiger partial charge in [0, 0.05) is 44.2 Å². The van der Waals surface area contributed by atoms with Gasteiger partial charge in [-0.2, -0.15) is 10.2 Å². The highest BCUT2D eigenvalue weighted by Gasteiger charge is 2.39. The number of hydrogen-bond acceptors (Lipinski definition) is 5. The molecule has 2 aliphatic rings. The molecular weight excluding hydrogens is 332 g/mol. The van der Waals surface area contributed by atoms with Crippen LogP contribution in [0.15, 0.2) is 28.4 Å². The van der Waals surface area contributed by atoms with Crippen molar-refractivity contribution in [2.75, 3.05) is 10.2 Å². The topological polar surface area (TPSA) is 91.2 Å². The number of imide groups is 1. The fraction of sp³-hybridized carbons (Fsp3) is 0.421. The second kappa shape index (κ2) is 7.08. The maximum Gasteiger partial charge on any atom is 0.234 e. The number of carbonyl (C=O) groups excluding carboxylic acids is 3. The molecule has 0 atom stereocenters. The van der Waals surface area contributed by atoms with Gasteiger partial charge in [0.2, 0.25) is 17.7 Å². The third-order valence-electron chi connectivity index (χ3n) is 4.68. The highest BCUT2D eigenvalue weighted by Crippen LogP contribution is 2.38. The maximum absolute atomic E-state index is 12.3. The fourth-order valence-corrected chi connectivity index (χ4v) is 3.04. The van der Waals surface area contributed by atoms with Crippen LogP contribution in [0.5, 0.6) is 0 Å². The molecule has 26 heavy (non-hydrogen) atoms. The van der Waals surface area contributed by atoms with Crippen molar-refractivity contribution in [3.8, 4) is 12.3 Å². The molecule has 0 radical (unpaired) electrons. The number of hydrogen-bond donors (Lipinski definition) is 1. The summed E-state index contributed by atoms with van der Waals surface area (Å²) < 4.78 is 0. The van der Waals surface area contributed by atoms with E-state index in [1.165, 1.54) is 4.90 Å². The third kappa shape index (κ3) is 3.64. The second-order valence-corrected chi connectivity index (χ2v) is 6.51. The van der Waals surface area contributed by atoms with Gasteiger partial charge in [-0.1, -0.05) is 6.07 Å². The van der Waals surface area contributed by atoms with Gasteiger partial charge in [0.1, 0.15) is 0 Å². The Balaban J connectivity index is 1.64. The molecule has 1 aromatic carbocycles. The molecule has 0 aliphatic carbocycles. The second-order valence-electron chi connectivity index (χ2n) is 6.51. The largest absolute Gasteiger partial charge is 0.326 e. The molecule has 0 aromatic heterocycles. The molecule has 1 fully saturated rings. The fourth-order valence-electron chi connectivity index (χ4n) is 3.04. The van der Waals surface area contributed by atoms with Crippen molar-refractivity contribution in [3.05, 3.63) is 23.8 Å². The number of nitrogens with one attached hydrogen (secondary N) is 1. The summed E-state index contributed by atoms with van der Waals surface area (Å²) in [6, 6.07) is 5.18. The van der Waals surface area contributed by atoms with Crippen molar-refractivity contribution in [3.63, 3.8) is 0 Å². The monoisotopic (exact) mass is 352 g/mol. The predicted octanol–water partition coefficient (Wildman–Crippen LogP) is 2.94. The minimum atomic E-state index is -0.491. The third-order valence-corrected chi connectivity index (χ3v) is 4.68. The van der Waals surface area contributed by atoms with Gasteiger partial charge in [-0.3, -0.25) is 19.3 Å². The van der Waals surface area contributed by atoms with Gasteiger partial charge in [0.15, 0.2) is 5.66 Å². The van der Waals surface area contributed by atoms with E-state index in [2.05, 4.69) is 21.5 Å². The molecule has 7 nitrogen and oxygen atoms in total. The lowest BCUT2D eigenvalue weighted by molar-refractivity contribution is -0.121. The minimum Gasteiger partial charge on any atom is -0.326 e. The number of carbonyl (C=O) groups is 3. The average molecular weight is 352 g/mol. The van der Waals surface area contributed by atoms with Crippen molar-refractivity contribution >= 4 is 29.1 Å². The number of rotatable bonds is 7. The summed E-state index contributed by atoms with van der Waals surface area (Å²) in [5, 5.41) is 10.9. The van der Waals surface area contributed by atoms with Crippen molar-refractivity contribution in [2.24, 2.45) is 10.2 Å². The quantitative estimate of drug-likeness (QED) is 0.604. The molecular formula is C19H20N4O3. The predicted molar refractivity (Wildman–Crippen MR) is 96.4 cm³/mol. The first-order valence-electron chi connectivity index (χ1n) is 8.58. The van der Waals surface area contributed by atoms with Crippen LogP contribution in [0.25, 0.3) is 0 Å². The molecule has 0 saturated carbocycles. The summed E-state index contributed by atoms with van der Waals surface area (Å²) in [5.41, 5.74) is 1.30. The van der Waals surface area contributed by atoms with E-state index in [1.807, 2.05) is 0 Å². The standard InChI is InChI=1S/C19H20N4O3/c1-3-4-11-19(21-22-19)12-10-16(24)20-14-6-5-7-15(13(14)2)23-17(25)8-9-18(23)26/h1,5-7H,4,8-12H2,2H3,(H,20,24). The van der Waals surface area contributed by atoms with E-state index < -0.39 is 5.66 Å². The van der Waals surface area contributed by atoms with E-state index >= 15 is 0 Å². The van der Waals surface area contributed by atoms with Gasteiger partial charge in [-0.05, 0) is 24.6 Å². The van der Waals surface area contributed by atoms with Gasteiger partial charge in [0.25, 0.3) is 0 Å². The number of terminal acetylenes is 1. The van der Waals surface area contributed by atoms with Gasteiger partial charge in [-0.25, -0.2) is 0 Å². The van der Waals surface area contributed by atoms with E-state index in [4.69, 9.17) is 6.42 Å². The van der Waals surface area contributed by atoms with Crippen LogP contribution in [-0.4, -0.2) is 23.4 Å². The molecule has 3 amide bonds. The molecule has 3 rings (SSSR count). The molecule has 2 heterocycles. The number of benzene rings is 1. The normalized spacial score (nSPS) is 17.3. The van der Waals surface area contributed by atoms with Crippen LogP contribution < -0.4 is 10.2 Å². The maximum atomic E-state index is 12.3. The zero-order valence-corrected chi connectivity index (χ0v) is 14.6. The Hall–Kier alpha value is -3.01. The van der Waals surface area contributed by atoms with Gasteiger partial charge in [0.05, 0.1) is 5.69 Å². The summed E-state index contributed by atoms with van der Waals surface area (Å²) in [7, 11) is 0. The van der Waals surface area contributed by atoms with Crippen LogP contribution >= 0.6 is 0 Å². The minimum absolute atomic E-state index is 0.165. The summed E-state index contributed by atoms with van der Waals surface area (Å²) in [4.78, 5) is 37.4. The highest BCUT2D eigenvalue weighted by atomic mass is 16.2. The lowest BCUT2D eigenvalue weighted by Crippen LogP contribution is -2.29. The zero-order chi connectivity index (χ0) is 18.7. The van der Waals surface area contributed by atoms with Crippen LogP contribution in [0.1, 0.15) is 44.1 Å². The van der Waals surface area contributed by atoms with E-state index in [0.717, 1.165) is 0 Å². The molecule has 1 N–H and O–H groups in total. The van der Waals surface area contributed by atoms with Gasteiger partial charge >= 0.3 is 0 Å². The van der Waals surface area contributed by atoms with Crippen LogP contribution in [0.4, 0.5) is 11.4 Å². The Bertz CT molecular complexity index is 816. The SMILES string of the molecule is C#CCCC1(CCC(=O)Nc2cccc(N3C(=O)CCC3=O)c2C)N=N1. The Kier molecular flexibility index (Phi) is 4.85. The van der Waals surface area contributed by atoms with Crippen LogP contribution in [0.2, 0.25) is 0 Å². The van der Waals surface area contributed by atoms with Gasteiger partial charge < -0.3 is 5.32 Å². The first-order valence-corrected chi connectivity index (χ1v) is 8.58. The first-order chi connectivity index (χ1) is 12.5. The lowest BCUT2D eigenvalue weighted by atomic mass is 10.0. The zero-order valence-electron chi connectivity index (χ0n) is 14.6. The van der Waals surface area contributed by atoms with Crippen molar-refractivity contribution in [1.29, 1.82) is 0 Å². The molecule has 0 unspecified atom stereocenters. The molecule has 7 heteroatoms. The lowest BCUT2D eigenvalue weighted by Gasteiger charge is -2.19. The highest BCUT2D eigenvalue weighted by molar-refractivity contribution is 6.20. The Morgan fingerprint density at radius 1 is 1.27 bits per heavy atom. The molecule has 134 valence electrons. The number of anilines is 2. The van der Waals surface area contributed by atoms with E-state index in [9.17, 15) is 14.4 Å². The number of nitrogens with zero attached hydrogens (tertiary/aromatic N) is 3. The van der Waals surface area contributed by atoms with E-state index in [1.54, 1.807) is 25.1 Å². The van der Waals surface area contributed by atoms with Crippen molar-refractivity contribution < 1.29 is 14.4 Å². The smallest absolute Gasteiger partial charge is 0.234 e. The molecule has 2 aliphatic heterocycles. The van der Waals surface area contributed by atoms with Crippen LogP contribution in [0.3, 0.4) is 0 Å². The van der Waals surface area contributed by atoms with E-state index in [-0.39, 0.29) is 37.0 Å². The Morgan fingerprint density at radius 3 is 2.58 bits per heavy atom. The van der Waals surface area contributed by atoms with Crippen LogP contribution in [0, 0.1) is 19.3 Å². The Morgan fingerprint density at radius 2 is 1.96 bits per heavy atom. The summed E-state index contributed by atoms with van der Waals surface area (Å²) >= 11 is 0. The summed E-state index contributed by atoms with van der Waals surface area (Å²) in [6.07, 6.45) is 7.72. The van der Waals surface area contributed by atoms with Crippen LogP contribution in [-0.2, 0) is 14.4 Å².